The standard InChI is InChI=1S/C22H38N4O2/c1-4-23-21(24-14-9-15-27-5-2)25-18-22(12-16-28-17-13-22)26-19(3)20-10-7-6-8-11-20/h6-8,10-11,19,26H,4-5,9,12-18H2,1-3H3,(H2,23,24,25). The number of hydrogen-bond donors (Lipinski definition) is 3. The molecule has 1 fully saturated rings. The molecule has 0 saturated carbocycles. The van der Waals surface area contributed by atoms with Crippen molar-refractivity contribution in [1.82, 2.24) is 16.0 Å². The van der Waals surface area contributed by atoms with Gasteiger partial charge in [-0.1, -0.05) is 30.3 Å². The molecule has 1 atom stereocenters. The van der Waals surface area contributed by atoms with Crippen LogP contribution in [0.3, 0.4) is 0 Å². The molecular weight excluding hydrogens is 352 g/mol. The fourth-order valence-corrected chi connectivity index (χ4v) is 3.49. The van der Waals surface area contributed by atoms with E-state index in [-0.39, 0.29) is 11.6 Å². The molecule has 3 N–H and O–H groups in total. The van der Waals surface area contributed by atoms with Gasteiger partial charge in [-0.05, 0) is 45.6 Å². The lowest BCUT2D eigenvalue weighted by Crippen LogP contribution is -2.53. The third-order valence-corrected chi connectivity index (χ3v) is 5.12. The summed E-state index contributed by atoms with van der Waals surface area (Å²) >= 11 is 0. The summed E-state index contributed by atoms with van der Waals surface area (Å²) in [6, 6.07) is 10.9. The van der Waals surface area contributed by atoms with Crippen LogP contribution in [0.15, 0.2) is 35.3 Å². The highest BCUT2D eigenvalue weighted by Gasteiger charge is 2.34. The van der Waals surface area contributed by atoms with Crippen LogP contribution in [0.2, 0.25) is 0 Å². The second-order valence-electron chi connectivity index (χ2n) is 7.34. The predicted octanol–water partition coefficient (Wildman–Crippen LogP) is 2.87. The Bertz CT molecular complexity index is 559. The molecule has 6 heteroatoms. The fraction of sp³-hybridized carbons (Fsp3) is 0.682. The molecular formula is C22H38N4O2. The average Bonchev–Trinajstić information content (AvgIpc) is 2.73. The van der Waals surface area contributed by atoms with Gasteiger partial charge in [-0.15, -0.1) is 0 Å². The molecule has 158 valence electrons. The van der Waals surface area contributed by atoms with Crippen molar-refractivity contribution in [2.45, 2.75) is 51.6 Å². The Kier molecular flexibility index (Phi) is 10.3. The highest BCUT2D eigenvalue weighted by molar-refractivity contribution is 5.79. The van der Waals surface area contributed by atoms with Crippen LogP contribution in [-0.2, 0) is 9.47 Å². The van der Waals surface area contributed by atoms with Crippen LogP contribution in [0.5, 0.6) is 0 Å². The van der Waals surface area contributed by atoms with E-state index in [4.69, 9.17) is 14.5 Å². The lowest BCUT2D eigenvalue weighted by Gasteiger charge is -2.39. The smallest absolute Gasteiger partial charge is 0.191 e. The molecule has 1 aromatic carbocycles. The van der Waals surface area contributed by atoms with Crippen LogP contribution in [0.25, 0.3) is 0 Å². The summed E-state index contributed by atoms with van der Waals surface area (Å²) in [5.41, 5.74) is 1.26. The maximum absolute atomic E-state index is 5.64. The van der Waals surface area contributed by atoms with E-state index >= 15 is 0 Å². The summed E-state index contributed by atoms with van der Waals surface area (Å²) in [7, 11) is 0. The van der Waals surface area contributed by atoms with Gasteiger partial charge in [0.25, 0.3) is 0 Å². The van der Waals surface area contributed by atoms with Crippen molar-refractivity contribution in [1.29, 1.82) is 0 Å². The number of hydrogen-bond acceptors (Lipinski definition) is 4. The number of guanidine groups is 1. The van der Waals surface area contributed by atoms with Gasteiger partial charge in [0.05, 0.1) is 6.54 Å². The molecule has 2 rings (SSSR count). The third-order valence-electron chi connectivity index (χ3n) is 5.12. The minimum Gasteiger partial charge on any atom is -0.382 e. The van der Waals surface area contributed by atoms with Crippen molar-refractivity contribution < 1.29 is 9.47 Å². The van der Waals surface area contributed by atoms with Gasteiger partial charge in [0.2, 0.25) is 0 Å². The molecule has 1 aromatic rings. The Morgan fingerprint density at radius 3 is 2.61 bits per heavy atom. The zero-order valence-electron chi connectivity index (χ0n) is 17.8. The van der Waals surface area contributed by atoms with E-state index in [0.29, 0.717) is 0 Å². The van der Waals surface area contributed by atoms with Gasteiger partial charge >= 0.3 is 0 Å². The molecule has 0 aromatic heterocycles. The van der Waals surface area contributed by atoms with Gasteiger partial charge < -0.3 is 25.4 Å². The SMILES string of the molecule is CCNC(=NCC1(NC(C)c2ccccc2)CCOCC1)NCCCOCC. The fourth-order valence-electron chi connectivity index (χ4n) is 3.49. The Morgan fingerprint density at radius 2 is 1.93 bits per heavy atom. The lowest BCUT2D eigenvalue weighted by atomic mass is 9.88. The minimum atomic E-state index is -0.0405. The Morgan fingerprint density at radius 1 is 1.18 bits per heavy atom. The molecule has 0 aliphatic carbocycles. The van der Waals surface area contributed by atoms with E-state index in [1.807, 2.05) is 6.92 Å². The van der Waals surface area contributed by atoms with Gasteiger partial charge in [-0.25, -0.2) is 0 Å². The second kappa shape index (κ2) is 12.8. The van der Waals surface area contributed by atoms with E-state index < -0.39 is 0 Å². The van der Waals surface area contributed by atoms with Gasteiger partial charge in [-0.2, -0.15) is 0 Å². The number of nitrogens with zero attached hydrogens (tertiary/aromatic N) is 1. The predicted molar refractivity (Wildman–Crippen MR) is 116 cm³/mol. The maximum Gasteiger partial charge on any atom is 0.191 e. The van der Waals surface area contributed by atoms with Crippen molar-refractivity contribution in [2.75, 3.05) is 46.1 Å². The van der Waals surface area contributed by atoms with Crippen LogP contribution in [0, 0.1) is 0 Å². The first kappa shape index (κ1) is 22.7. The van der Waals surface area contributed by atoms with Crippen LogP contribution < -0.4 is 16.0 Å². The third kappa shape index (κ3) is 7.78. The van der Waals surface area contributed by atoms with E-state index in [1.54, 1.807) is 0 Å². The molecule has 1 unspecified atom stereocenters. The van der Waals surface area contributed by atoms with Gasteiger partial charge in [0, 0.05) is 51.1 Å². The second-order valence-corrected chi connectivity index (χ2v) is 7.34. The number of aliphatic imine (C=N–C) groups is 1. The minimum absolute atomic E-state index is 0.0405. The number of nitrogens with one attached hydrogen (secondary N) is 3. The first-order valence-corrected chi connectivity index (χ1v) is 10.7. The normalized spacial score (nSPS) is 17.9. The van der Waals surface area contributed by atoms with Crippen LogP contribution in [-0.4, -0.2) is 57.6 Å². The number of rotatable bonds is 11. The quantitative estimate of drug-likeness (QED) is 0.308. The Balaban J connectivity index is 1.98. The van der Waals surface area contributed by atoms with E-state index in [1.165, 1.54) is 5.56 Å². The molecule has 1 heterocycles. The number of ether oxygens (including phenoxy) is 2. The first-order chi connectivity index (χ1) is 13.7. The van der Waals surface area contributed by atoms with Gasteiger partial charge in [-0.3, -0.25) is 4.99 Å². The van der Waals surface area contributed by atoms with Crippen LogP contribution in [0.1, 0.15) is 51.6 Å². The summed E-state index contributed by atoms with van der Waals surface area (Å²) < 4.78 is 11.0. The lowest BCUT2D eigenvalue weighted by molar-refractivity contribution is 0.0374. The van der Waals surface area contributed by atoms with E-state index in [2.05, 4.69) is 60.1 Å². The van der Waals surface area contributed by atoms with Crippen molar-refractivity contribution in [2.24, 2.45) is 4.99 Å². The summed E-state index contributed by atoms with van der Waals surface area (Å²) in [4.78, 5) is 4.91. The van der Waals surface area contributed by atoms with Gasteiger partial charge in [0.15, 0.2) is 5.96 Å². The molecule has 6 nitrogen and oxygen atoms in total. The van der Waals surface area contributed by atoms with Crippen molar-refractivity contribution >= 4 is 5.96 Å². The molecule has 0 bridgehead atoms. The molecule has 0 amide bonds. The van der Waals surface area contributed by atoms with E-state index in [9.17, 15) is 0 Å². The highest BCUT2D eigenvalue weighted by Crippen LogP contribution is 2.25. The molecule has 0 spiro atoms. The molecule has 0 radical (unpaired) electrons. The topological polar surface area (TPSA) is 66.9 Å². The monoisotopic (exact) mass is 390 g/mol. The Labute approximate surface area is 170 Å². The largest absolute Gasteiger partial charge is 0.382 e. The van der Waals surface area contributed by atoms with Crippen molar-refractivity contribution in [3.63, 3.8) is 0 Å². The first-order valence-electron chi connectivity index (χ1n) is 10.7. The molecule has 1 aliphatic heterocycles. The van der Waals surface area contributed by atoms with Crippen molar-refractivity contribution in [3.05, 3.63) is 35.9 Å². The van der Waals surface area contributed by atoms with Crippen LogP contribution >= 0.6 is 0 Å². The Hall–Kier alpha value is -1.63. The summed E-state index contributed by atoms with van der Waals surface area (Å²) in [5, 5.41) is 10.6. The zero-order chi connectivity index (χ0) is 20.1. The average molecular weight is 391 g/mol. The van der Waals surface area contributed by atoms with E-state index in [0.717, 1.165) is 71.3 Å². The molecule has 1 saturated heterocycles. The van der Waals surface area contributed by atoms with Crippen LogP contribution in [0.4, 0.5) is 0 Å². The summed E-state index contributed by atoms with van der Waals surface area (Å²) in [6.07, 6.45) is 2.91. The highest BCUT2D eigenvalue weighted by atomic mass is 16.5. The zero-order valence-corrected chi connectivity index (χ0v) is 17.8. The summed E-state index contributed by atoms with van der Waals surface area (Å²) in [6.45, 7) is 11.9. The maximum atomic E-state index is 5.64. The molecule has 1 aliphatic rings. The summed E-state index contributed by atoms with van der Waals surface area (Å²) in [5.74, 6) is 0.874. The van der Waals surface area contributed by atoms with Gasteiger partial charge in [0.1, 0.15) is 0 Å². The molecule has 28 heavy (non-hydrogen) atoms. The van der Waals surface area contributed by atoms with Crippen molar-refractivity contribution in [3.8, 4) is 0 Å². The number of benzene rings is 1.